The molecule has 0 spiro atoms. The highest BCUT2D eigenvalue weighted by Crippen LogP contribution is 2.21. The molecule has 24 heavy (non-hydrogen) atoms. The molecule has 6 heteroatoms. The molecule has 0 aliphatic carbocycles. The van der Waals surface area contributed by atoms with Crippen LogP contribution in [0.5, 0.6) is 0 Å². The van der Waals surface area contributed by atoms with Crippen molar-refractivity contribution in [2.24, 2.45) is 11.8 Å². The largest absolute Gasteiger partial charge is 0.481 e. The first kappa shape index (κ1) is 18.0. The van der Waals surface area contributed by atoms with Gasteiger partial charge in [-0.15, -0.1) is 0 Å². The molecule has 1 fully saturated rings. The van der Waals surface area contributed by atoms with E-state index in [-0.39, 0.29) is 30.8 Å². The Morgan fingerprint density at radius 2 is 1.92 bits per heavy atom. The molecule has 2 N–H and O–H groups in total. The van der Waals surface area contributed by atoms with Gasteiger partial charge in [-0.1, -0.05) is 13.0 Å². The summed E-state index contributed by atoms with van der Waals surface area (Å²) in [6.45, 7) is 6.45. The van der Waals surface area contributed by atoms with Crippen molar-refractivity contribution in [3.63, 3.8) is 0 Å². The number of likely N-dealkylation sites (tertiary alicyclic amines) is 1. The number of rotatable bonds is 4. The number of benzene rings is 1. The molecule has 1 aromatic carbocycles. The van der Waals surface area contributed by atoms with Gasteiger partial charge >= 0.3 is 5.97 Å². The van der Waals surface area contributed by atoms with Crippen LogP contribution in [0.2, 0.25) is 0 Å². The van der Waals surface area contributed by atoms with Crippen molar-refractivity contribution < 1.29 is 19.5 Å². The number of carboxylic acids is 1. The van der Waals surface area contributed by atoms with Gasteiger partial charge in [0.1, 0.15) is 0 Å². The quantitative estimate of drug-likeness (QED) is 0.877. The summed E-state index contributed by atoms with van der Waals surface area (Å²) in [5.41, 5.74) is 2.63. The number of carboxylic acid groups (broad SMARTS) is 1. The van der Waals surface area contributed by atoms with Crippen molar-refractivity contribution in [2.75, 3.05) is 19.6 Å². The predicted molar refractivity (Wildman–Crippen MR) is 89.7 cm³/mol. The van der Waals surface area contributed by atoms with Gasteiger partial charge in [-0.05, 0) is 49.4 Å². The van der Waals surface area contributed by atoms with Crippen LogP contribution in [-0.2, 0) is 9.59 Å². The van der Waals surface area contributed by atoms with Crippen LogP contribution >= 0.6 is 0 Å². The van der Waals surface area contributed by atoms with Gasteiger partial charge in [-0.3, -0.25) is 14.4 Å². The Bertz CT molecular complexity index is 656. The SMILES string of the molecule is Cc1ccc(C(=O)NCC(=O)N2CC(C)CC(C(=O)O)C2)cc1C. The topological polar surface area (TPSA) is 86.7 Å². The second kappa shape index (κ2) is 7.47. The molecule has 2 atom stereocenters. The number of aliphatic carboxylic acids is 1. The zero-order valence-electron chi connectivity index (χ0n) is 14.3. The minimum Gasteiger partial charge on any atom is -0.481 e. The van der Waals surface area contributed by atoms with Gasteiger partial charge in [-0.2, -0.15) is 0 Å². The molecular formula is C18H24N2O4. The summed E-state index contributed by atoms with van der Waals surface area (Å²) in [5, 5.41) is 11.8. The monoisotopic (exact) mass is 332 g/mol. The van der Waals surface area contributed by atoms with E-state index in [9.17, 15) is 14.4 Å². The number of carbonyl (C=O) groups excluding carboxylic acids is 2. The van der Waals surface area contributed by atoms with Crippen molar-refractivity contribution in [1.82, 2.24) is 10.2 Å². The summed E-state index contributed by atoms with van der Waals surface area (Å²) in [6.07, 6.45) is 0.577. The number of nitrogens with zero attached hydrogens (tertiary/aromatic N) is 1. The Hall–Kier alpha value is -2.37. The molecule has 130 valence electrons. The van der Waals surface area contributed by atoms with E-state index in [2.05, 4.69) is 5.32 Å². The van der Waals surface area contributed by atoms with Crippen molar-refractivity contribution in [3.05, 3.63) is 34.9 Å². The molecular weight excluding hydrogens is 308 g/mol. The first-order valence-corrected chi connectivity index (χ1v) is 8.14. The lowest BCUT2D eigenvalue weighted by Gasteiger charge is -2.34. The zero-order chi connectivity index (χ0) is 17.9. The minimum absolute atomic E-state index is 0.120. The molecule has 2 unspecified atom stereocenters. The average molecular weight is 332 g/mol. The van der Waals surface area contributed by atoms with Crippen LogP contribution in [0.15, 0.2) is 18.2 Å². The Morgan fingerprint density at radius 3 is 2.54 bits per heavy atom. The number of aryl methyl sites for hydroxylation is 2. The van der Waals surface area contributed by atoms with Gasteiger partial charge in [0.25, 0.3) is 5.91 Å². The Labute approximate surface area is 141 Å². The molecule has 1 saturated heterocycles. The normalized spacial score (nSPS) is 20.5. The van der Waals surface area contributed by atoms with Crippen LogP contribution in [-0.4, -0.2) is 47.4 Å². The summed E-state index contributed by atoms with van der Waals surface area (Å²) in [6, 6.07) is 5.39. The fraction of sp³-hybridized carbons (Fsp3) is 0.500. The summed E-state index contributed by atoms with van der Waals surface area (Å²) >= 11 is 0. The van der Waals surface area contributed by atoms with Gasteiger partial charge < -0.3 is 15.3 Å². The fourth-order valence-electron chi connectivity index (χ4n) is 2.99. The van der Waals surface area contributed by atoms with Crippen molar-refractivity contribution >= 4 is 17.8 Å². The summed E-state index contributed by atoms with van der Waals surface area (Å²) in [5.74, 6) is -1.82. The van der Waals surface area contributed by atoms with Crippen molar-refractivity contribution in [1.29, 1.82) is 0 Å². The molecule has 2 rings (SSSR count). The maximum atomic E-state index is 12.3. The van der Waals surface area contributed by atoms with Gasteiger partial charge in [-0.25, -0.2) is 0 Å². The van der Waals surface area contributed by atoms with Gasteiger partial charge in [0, 0.05) is 18.7 Å². The highest BCUT2D eigenvalue weighted by molar-refractivity contribution is 5.96. The Kier molecular flexibility index (Phi) is 5.59. The Balaban J connectivity index is 1.93. The van der Waals surface area contributed by atoms with Crippen molar-refractivity contribution in [3.8, 4) is 0 Å². The van der Waals surface area contributed by atoms with Crippen LogP contribution in [0.25, 0.3) is 0 Å². The van der Waals surface area contributed by atoms with E-state index in [1.54, 1.807) is 12.1 Å². The highest BCUT2D eigenvalue weighted by Gasteiger charge is 2.31. The van der Waals surface area contributed by atoms with E-state index in [4.69, 9.17) is 5.11 Å². The lowest BCUT2D eigenvalue weighted by molar-refractivity contribution is -0.146. The number of carbonyl (C=O) groups is 3. The molecule has 0 saturated carbocycles. The standard InChI is InChI=1S/C18H24N2O4/c1-11-6-15(18(23)24)10-20(9-11)16(21)8-19-17(22)14-5-4-12(2)13(3)7-14/h4-5,7,11,15H,6,8-10H2,1-3H3,(H,19,22)(H,23,24). The first-order valence-electron chi connectivity index (χ1n) is 8.14. The van der Waals surface area contributed by atoms with Gasteiger partial charge in [0.05, 0.1) is 12.5 Å². The van der Waals surface area contributed by atoms with Crippen LogP contribution in [0.1, 0.15) is 34.8 Å². The lowest BCUT2D eigenvalue weighted by Crippen LogP contribution is -2.48. The zero-order valence-corrected chi connectivity index (χ0v) is 14.3. The molecule has 6 nitrogen and oxygen atoms in total. The smallest absolute Gasteiger partial charge is 0.308 e. The second-order valence-corrected chi connectivity index (χ2v) is 6.66. The van der Waals surface area contributed by atoms with Crippen LogP contribution in [0, 0.1) is 25.7 Å². The first-order chi connectivity index (χ1) is 11.3. The van der Waals surface area contributed by atoms with E-state index in [0.29, 0.717) is 18.5 Å². The number of hydrogen-bond donors (Lipinski definition) is 2. The number of nitrogens with one attached hydrogen (secondary N) is 1. The second-order valence-electron chi connectivity index (χ2n) is 6.66. The average Bonchev–Trinajstić information content (AvgIpc) is 2.54. The summed E-state index contributed by atoms with van der Waals surface area (Å²) in [4.78, 5) is 37.1. The maximum absolute atomic E-state index is 12.3. The van der Waals surface area contributed by atoms with Crippen LogP contribution < -0.4 is 5.32 Å². The number of piperidine rings is 1. The van der Waals surface area contributed by atoms with E-state index in [1.165, 1.54) is 4.90 Å². The molecule has 0 radical (unpaired) electrons. The molecule has 1 aliphatic heterocycles. The fourth-order valence-corrected chi connectivity index (χ4v) is 2.99. The molecule has 1 heterocycles. The van der Waals surface area contributed by atoms with E-state index < -0.39 is 11.9 Å². The number of hydrogen-bond acceptors (Lipinski definition) is 3. The lowest BCUT2D eigenvalue weighted by atomic mass is 9.90. The van der Waals surface area contributed by atoms with Gasteiger partial charge in [0.2, 0.25) is 5.91 Å². The van der Waals surface area contributed by atoms with E-state index in [1.807, 2.05) is 26.8 Å². The molecule has 0 aromatic heterocycles. The van der Waals surface area contributed by atoms with Gasteiger partial charge in [0.15, 0.2) is 0 Å². The molecule has 1 aliphatic rings. The molecule has 2 amide bonds. The molecule has 1 aromatic rings. The third-order valence-electron chi connectivity index (χ3n) is 4.53. The summed E-state index contributed by atoms with van der Waals surface area (Å²) in [7, 11) is 0. The maximum Gasteiger partial charge on any atom is 0.308 e. The predicted octanol–water partition coefficient (Wildman–Crippen LogP) is 1.60. The van der Waals surface area contributed by atoms with E-state index in [0.717, 1.165) is 11.1 Å². The van der Waals surface area contributed by atoms with Crippen LogP contribution in [0.4, 0.5) is 0 Å². The van der Waals surface area contributed by atoms with Crippen LogP contribution in [0.3, 0.4) is 0 Å². The highest BCUT2D eigenvalue weighted by atomic mass is 16.4. The Morgan fingerprint density at radius 1 is 1.21 bits per heavy atom. The minimum atomic E-state index is -0.876. The van der Waals surface area contributed by atoms with Crippen molar-refractivity contribution in [2.45, 2.75) is 27.2 Å². The van der Waals surface area contributed by atoms with E-state index >= 15 is 0 Å². The number of amides is 2. The molecule has 0 bridgehead atoms. The third-order valence-corrected chi connectivity index (χ3v) is 4.53. The summed E-state index contributed by atoms with van der Waals surface area (Å²) < 4.78 is 0. The third kappa shape index (κ3) is 4.34.